The molecule has 2 aromatic heterocycles. The number of rotatable bonds is 6. The van der Waals surface area contributed by atoms with Crippen molar-refractivity contribution in [2.45, 2.75) is 43.8 Å². The van der Waals surface area contributed by atoms with E-state index in [0.717, 1.165) is 35.7 Å². The monoisotopic (exact) mass is 305 g/mol. The zero-order valence-electron chi connectivity index (χ0n) is 12.4. The molecule has 112 valence electrons. The van der Waals surface area contributed by atoms with Crippen molar-refractivity contribution in [1.82, 2.24) is 19.9 Å². The number of aryl methyl sites for hydroxylation is 2. The quantitative estimate of drug-likeness (QED) is 0.630. The number of nitrogens with zero attached hydrogens (tertiary/aromatic N) is 3. The molecule has 0 aromatic carbocycles. The van der Waals surface area contributed by atoms with Gasteiger partial charge in [-0.1, -0.05) is 13.3 Å². The lowest BCUT2D eigenvalue weighted by Gasteiger charge is -2.07. The van der Waals surface area contributed by atoms with Crippen LogP contribution in [0.15, 0.2) is 27.2 Å². The van der Waals surface area contributed by atoms with Gasteiger partial charge in [0, 0.05) is 30.1 Å². The second-order valence-electron chi connectivity index (χ2n) is 4.61. The molecule has 2 N–H and O–H groups in total. The first-order valence-corrected chi connectivity index (χ1v) is 7.79. The number of hydrogen-bond acceptors (Lipinski definition) is 6. The van der Waals surface area contributed by atoms with Crippen LogP contribution in [0.5, 0.6) is 0 Å². The number of nitrogens with one attached hydrogen (secondary N) is 2. The summed E-state index contributed by atoms with van der Waals surface area (Å²) < 4.78 is 0. The van der Waals surface area contributed by atoms with Crippen molar-refractivity contribution in [2.24, 2.45) is 0 Å². The van der Waals surface area contributed by atoms with Gasteiger partial charge in [-0.15, -0.1) is 0 Å². The third-order valence-electron chi connectivity index (χ3n) is 2.73. The smallest absolute Gasteiger partial charge is 0.251 e. The molecular weight excluding hydrogens is 286 g/mol. The van der Waals surface area contributed by atoms with E-state index in [1.165, 1.54) is 11.8 Å². The van der Waals surface area contributed by atoms with E-state index in [-0.39, 0.29) is 5.56 Å². The Hall–Kier alpha value is -1.89. The summed E-state index contributed by atoms with van der Waals surface area (Å²) in [6.45, 7) is 6.75. The van der Waals surface area contributed by atoms with Gasteiger partial charge in [0.05, 0.1) is 0 Å². The van der Waals surface area contributed by atoms with Crippen LogP contribution in [-0.2, 0) is 6.42 Å². The molecule has 2 heterocycles. The first kappa shape index (κ1) is 15.5. The molecule has 7 heteroatoms. The van der Waals surface area contributed by atoms with Gasteiger partial charge >= 0.3 is 0 Å². The summed E-state index contributed by atoms with van der Waals surface area (Å²) in [5, 5.41) is 4.43. The molecule has 0 aliphatic carbocycles. The summed E-state index contributed by atoms with van der Waals surface area (Å²) in [6.07, 6.45) is 3.52. The van der Waals surface area contributed by atoms with Gasteiger partial charge < -0.3 is 10.3 Å². The predicted molar refractivity (Wildman–Crippen MR) is 83.9 cm³/mol. The molecule has 6 nitrogen and oxygen atoms in total. The highest BCUT2D eigenvalue weighted by atomic mass is 32.2. The van der Waals surface area contributed by atoms with Gasteiger partial charge in [0.25, 0.3) is 5.56 Å². The first-order chi connectivity index (χ1) is 10.1. The Kier molecular flexibility index (Phi) is 5.32. The number of H-pyrrole nitrogens is 1. The van der Waals surface area contributed by atoms with Crippen molar-refractivity contribution in [3.05, 3.63) is 33.9 Å². The molecule has 0 radical (unpaired) electrons. The Morgan fingerprint density at radius 2 is 2.14 bits per heavy atom. The van der Waals surface area contributed by atoms with Gasteiger partial charge in [0.1, 0.15) is 5.03 Å². The fraction of sp³-hybridized carbons (Fsp3) is 0.429. The molecule has 2 rings (SSSR count). The first-order valence-electron chi connectivity index (χ1n) is 6.98. The van der Waals surface area contributed by atoms with Crippen LogP contribution in [0.1, 0.15) is 31.5 Å². The molecule has 0 atom stereocenters. The average molecular weight is 305 g/mol. The van der Waals surface area contributed by atoms with Crippen molar-refractivity contribution < 1.29 is 0 Å². The second-order valence-corrected chi connectivity index (χ2v) is 5.58. The van der Waals surface area contributed by atoms with Crippen LogP contribution >= 0.6 is 11.8 Å². The molecule has 0 amide bonds. The maximum absolute atomic E-state index is 11.7. The molecule has 2 aromatic rings. The molecule has 0 saturated heterocycles. The number of aromatic amines is 1. The Balaban J connectivity index is 2.28. The molecule has 21 heavy (non-hydrogen) atoms. The van der Waals surface area contributed by atoms with E-state index in [0.29, 0.717) is 11.1 Å². The number of hydrogen-bond donors (Lipinski definition) is 2. The van der Waals surface area contributed by atoms with Crippen LogP contribution < -0.4 is 10.9 Å². The zero-order valence-corrected chi connectivity index (χ0v) is 13.3. The van der Waals surface area contributed by atoms with Gasteiger partial charge in [-0.2, -0.15) is 0 Å². The van der Waals surface area contributed by atoms with Gasteiger partial charge in [-0.05, 0) is 32.0 Å². The van der Waals surface area contributed by atoms with Crippen LogP contribution in [-0.4, -0.2) is 26.5 Å². The van der Waals surface area contributed by atoms with Crippen LogP contribution in [0.3, 0.4) is 0 Å². The van der Waals surface area contributed by atoms with Crippen LogP contribution in [0.4, 0.5) is 5.95 Å². The zero-order chi connectivity index (χ0) is 15.2. The lowest BCUT2D eigenvalue weighted by molar-refractivity contribution is 0.814. The minimum absolute atomic E-state index is 0.130. The van der Waals surface area contributed by atoms with E-state index in [1.54, 1.807) is 12.3 Å². The van der Waals surface area contributed by atoms with E-state index < -0.39 is 0 Å². The molecule has 0 aliphatic heterocycles. The third kappa shape index (κ3) is 4.29. The normalized spacial score (nSPS) is 10.6. The lowest BCUT2D eigenvalue weighted by Crippen LogP contribution is -2.10. The highest BCUT2D eigenvalue weighted by Crippen LogP contribution is 2.25. The summed E-state index contributed by atoms with van der Waals surface area (Å²) >= 11 is 1.35. The minimum atomic E-state index is -0.130. The fourth-order valence-electron chi connectivity index (χ4n) is 1.78. The standard InChI is InChI=1S/C14H19N5OS/c1-4-6-10-7-11(20)18-14(17-10)21-12-9(3)8-16-13(19-12)15-5-2/h7-8H,4-6H2,1-3H3,(H,15,16,19)(H,17,18,20). The number of aromatic nitrogens is 4. The summed E-state index contributed by atoms with van der Waals surface area (Å²) in [6, 6.07) is 1.55. The van der Waals surface area contributed by atoms with Crippen LogP contribution in [0, 0.1) is 6.92 Å². The van der Waals surface area contributed by atoms with E-state index in [4.69, 9.17) is 0 Å². The minimum Gasteiger partial charge on any atom is -0.354 e. The molecule has 0 spiro atoms. The second kappa shape index (κ2) is 7.21. The van der Waals surface area contributed by atoms with E-state index in [9.17, 15) is 4.79 Å². The average Bonchev–Trinajstić information content (AvgIpc) is 2.42. The van der Waals surface area contributed by atoms with Crippen molar-refractivity contribution >= 4 is 17.7 Å². The molecule has 0 saturated carbocycles. The van der Waals surface area contributed by atoms with Crippen molar-refractivity contribution in [2.75, 3.05) is 11.9 Å². The molecule has 0 fully saturated rings. The number of anilines is 1. The SMILES string of the molecule is CCCc1cc(=O)[nH]c(Sc2nc(NCC)ncc2C)n1. The Labute approximate surface area is 127 Å². The van der Waals surface area contributed by atoms with Gasteiger partial charge in [0.15, 0.2) is 5.16 Å². The van der Waals surface area contributed by atoms with E-state index >= 15 is 0 Å². The van der Waals surface area contributed by atoms with Crippen molar-refractivity contribution in [1.29, 1.82) is 0 Å². The van der Waals surface area contributed by atoms with Crippen LogP contribution in [0.25, 0.3) is 0 Å². The Bertz CT molecular complexity index is 671. The van der Waals surface area contributed by atoms with Gasteiger partial charge in [-0.25, -0.2) is 15.0 Å². The van der Waals surface area contributed by atoms with Crippen molar-refractivity contribution in [3.63, 3.8) is 0 Å². The summed E-state index contributed by atoms with van der Waals surface area (Å²) in [5.74, 6) is 0.581. The Morgan fingerprint density at radius 3 is 2.86 bits per heavy atom. The highest BCUT2D eigenvalue weighted by Gasteiger charge is 2.09. The highest BCUT2D eigenvalue weighted by molar-refractivity contribution is 7.99. The maximum Gasteiger partial charge on any atom is 0.251 e. The third-order valence-corrected chi connectivity index (χ3v) is 3.73. The van der Waals surface area contributed by atoms with Crippen molar-refractivity contribution in [3.8, 4) is 0 Å². The summed E-state index contributed by atoms with van der Waals surface area (Å²) in [5.41, 5.74) is 1.63. The van der Waals surface area contributed by atoms with E-state index in [1.807, 2.05) is 13.8 Å². The molecule has 0 aliphatic rings. The summed E-state index contributed by atoms with van der Waals surface area (Å²) in [7, 11) is 0. The molecule has 0 bridgehead atoms. The largest absolute Gasteiger partial charge is 0.354 e. The predicted octanol–water partition coefficient (Wildman–Crippen LogP) is 2.40. The van der Waals surface area contributed by atoms with Crippen LogP contribution in [0.2, 0.25) is 0 Å². The molecular formula is C14H19N5OS. The maximum atomic E-state index is 11.7. The topological polar surface area (TPSA) is 83.6 Å². The van der Waals surface area contributed by atoms with Gasteiger partial charge in [0.2, 0.25) is 5.95 Å². The molecule has 0 unspecified atom stereocenters. The Morgan fingerprint density at radius 1 is 1.33 bits per heavy atom. The fourth-order valence-corrected chi connectivity index (χ4v) is 2.62. The van der Waals surface area contributed by atoms with Gasteiger partial charge in [-0.3, -0.25) is 4.79 Å². The van der Waals surface area contributed by atoms with E-state index in [2.05, 4.69) is 32.2 Å². The lowest BCUT2D eigenvalue weighted by atomic mass is 10.2. The summed E-state index contributed by atoms with van der Waals surface area (Å²) in [4.78, 5) is 27.5.